The fourth-order valence-electron chi connectivity index (χ4n) is 1.88. The zero-order valence-electron chi connectivity index (χ0n) is 10.5. The van der Waals surface area contributed by atoms with Gasteiger partial charge in [0.15, 0.2) is 0 Å². The summed E-state index contributed by atoms with van der Waals surface area (Å²) in [6.45, 7) is 4.23. The topological polar surface area (TPSA) is 61.3 Å². The van der Waals surface area contributed by atoms with Gasteiger partial charge in [0.1, 0.15) is 11.4 Å². The molecule has 0 aliphatic rings. The SMILES string of the molecule is COc1c(-c2cc(N)on2)cc(Br)cc1C(C)C. The number of nitrogen functional groups attached to an aromatic ring is 1. The van der Waals surface area contributed by atoms with E-state index in [0.29, 0.717) is 11.6 Å². The monoisotopic (exact) mass is 310 g/mol. The van der Waals surface area contributed by atoms with E-state index in [4.69, 9.17) is 15.0 Å². The highest BCUT2D eigenvalue weighted by Crippen LogP contribution is 2.39. The molecule has 1 aromatic carbocycles. The van der Waals surface area contributed by atoms with Crippen LogP contribution in [0.3, 0.4) is 0 Å². The van der Waals surface area contributed by atoms with E-state index >= 15 is 0 Å². The second kappa shape index (κ2) is 5.02. The van der Waals surface area contributed by atoms with E-state index in [0.717, 1.165) is 21.3 Å². The smallest absolute Gasteiger partial charge is 0.222 e. The second-order valence-corrected chi connectivity index (χ2v) is 5.26. The average Bonchev–Trinajstić information content (AvgIpc) is 2.74. The zero-order valence-corrected chi connectivity index (χ0v) is 12.1. The molecule has 0 unspecified atom stereocenters. The van der Waals surface area contributed by atoms with Gasteiger partial charge in [-0.25, -0.2) is 0 Å². The van der Waals surface area contributed by atoms with Gasteiger partial charge < -0.3 is 15.0 Å². The molecule has 0 atom stereocenters. The molecule has 2 N–H and O–H groups in total. The molecule has 0 amide bonds. The molecule has 0 aliphatic carbocycles. The number of anilines is 1. The summed E-state index contributed by atoms with van der Waals surface area (Å²) in [5.41, 5.74) is 8.22. The standard InChI is InChI=1S/C13H15BrN2O2/c1-7(2)9-4-8(14)5-10(13(9)17-3)11-6-12(15)18-16-11/h4-7H,15H2,1-3H3. The Morgan fingerprint density at radius 2 is 2.06 bits per heavy atom. The third-order valence-electron chi connectivity index (χ3n) is 2.71. The molecule has 0 spiro atoms. The molecule has 5 heteroatoms. The van der Waals surface area contributed by atoms with E-state index in [2.05, 4.69) is 41.0 Å². The molecule has 0 saturated heterocycles. The van der Waals surface area contributed by atoms with Crippen LogP contribution in [0.15, 0.2) is 27.2 Å². The van der Waals surface area contributed by atoms with Crippen LogP contribution in [0, 0.1) is 0 Å². The van der Waals surface area contributed by atoms with Crippen molar-refractivity contribution >= 4 is 21.8 Å². The Balaban J connectivity index is 2.65. The first-order chi connectivity index (χ1) is 8.52. The van der Waals surface area contributed by atoms with Crippen LogP contribution in [0.5, 0.6) is 5.75 Å². The molecule has 0 saturated carbocycles. The Morgan fingerprint density at radius 3 is 2.56 bits per heavy atom. The summed E-state index contributed by atoms with van der Waals surface area (Å²) >= 11 is 3.50. The predicted octanol–water partition coefficient (Wildman–Crippen LogP) is 3.82. The Bertz CT molecular complexity index is 564. The van der Waals surface area contributed by atoms with Crippen LogP contribution in [0.2, 0.25) is 0 Å². The summed E-state index contributed by atoms with van der Waals surface area (Å²) in [5.74, 6) is 1.44. The van der Waals surface area contributed by atoms with Gasteiger partial charge in [0.25, 0.3) is 0 Å². The van der Waals surface area contributed by atoms with E-state index in [1.807, 2.05) is 6.07 Å². The maximum absolute atomic E-state index is 5.56. The second-order valence-electron chi connectivity index (χ2n) is 4.35. The van der Waals surface area contributed by atoms with Crippen LogP contribution in [0.25, 0.3) is 11.3 Å². The van der Waals surface area contributed by atoms with Crippen LogP contribution >= 0.6 is 15.9 Å². The Morgan fingerprint density at radius 1 is 1.33 bits per heavy atom. The third kappa shape index (κ3) is 2.36. The van der Waals surface area contributed by atoms with Crippen molar-refractivity contribution in [3.8, 4) is 17.0 Å². The van der Waals surface area contributed by atoms with Crippen LogP contribution in [0.4, 0.5) is 5.88 Å². The van der Waals surface area contributed by atoms with E-state index in [-0.39, 0.29) is 5.88 Å². The quantitative estimate of drug-likeness (QED) is 0.936. The Hall–Kier alpha value is -1.49. The van der Waals surface area contributed by atoms with E-state index < -0.39 is 0 Å². The maximum atomic E-state index is 5.56. The summed E-state index contributed by atoms with van der Waals surface area (Å²) in [6.07, 6.45) is 0. The Labute approximate surface area is 114 Å². The van der Waals surface area contributed by atoms with E-state index in [9.17, 15) is 0 Å². The van der Waals surface area contributed by atoms with Crippen molar-refractivity contribution < 1.29 is 9.26 Å². The molecule has 0 fully saturated rings. The number of nitrogens with two attached hydrogens (primary N) is 1. The van der Waals surface area contributed by atoms with Gasteiger partial charge in [-0.15, -0.1) is 0 Å². The highest BCUT2D eigenvalue weighted by molar-refractivity contribution is 9.10. The number of halogens is 1. The molecular weight excluding hydrogens is 296 g/mol. The summed E-state index contributed by atoms with van der Waals surface area (Å²) < 4.78 is 11.4. The highest BCUT2D eigenvalue weighted by Gasteiger charge is 2.17. The summed E-state index contributed by atoms with van der Waals surface area (Å²) in [4.78, 5) is 0. The number of aromatic nitrogens is 1. The van der Waals surface area contributed by atoms with Gasteiger partial charge in [-0.05, 0) is 23.6 Å². The van der Waals surface area contributed by atoms with Crippen LogP contribution < -0.4 is 10.5 Å². The van der Waals surface area contributed by atoms with Crippen molar-refractivity contribution in [1.82, 2.24) is 5.16 Å². The molecule has 2 rings (SSSR count). The molecule has 1 heterocycles. The summed E-state index contributed by atoms with van der Waals surface area (Å²) in [5, 5.41) is 3.94. The Kier molecular flexibility index (Phi) is 3.61. The van der Waals surface area contributed by atoms with Crippen molar-refractivity contribution in [3.05, 3.63) is 28.2 Å². The maximum Gasteiger partial charge on any atom is 0.222 e. The minimum Gasteiger partial charge on any atom is -0.496 e. The van der Waals surface area contributed by atoms with Crippen molar-refractivity contribution in [3.63, 3.8) is 0 Å². The highest BCUT2D eigenvalue weighted by atomic mass is 79.9. The van der Waals surface area contributed by atoms with E-state index in [1.54, 1.807) is 13.2 Å². The first-order valence-electron chi connectivity index (χ1n) is 5.63. The lowest BCUT2D eigenvalue weighted by Gasteiger charge is -2.15. The zero-order chi connectivity index (χ0) is 13.3. The molecule has 0 bridgehead atoms. The molecule has 18 heavy (non-hydrogen) atoms. The molecule has 0 radical (unpaired) electrons. The predicted molar refractivity (Wildman–Crippen MR) is 74.7 cm³/mol. The van der Waals surface area contributed by atoms with Crippen LogP contribution in [0.1, 0.15) is 25.3 Å². The number of hydrogen-bond acceptors (Lipinski definition) is 4. The van der Waals surface area contributed by atoms with Crippen molar-refractivity contribution in [2.45, 2.75) is 19.8 Å². The van der Waals surface area contributed by atoms with Crippen molar-refractivity contribution in [2.24, 2.45) is 0 Å². The lowest BCUT2D eigenvalue weighted by atomic mass is 9.98. The number of rotatable bonds is 3. The number of hydrogen-bond donors (Lipinski definition) is 1. The number of benzene rings is 1. The summed E-state index contributed by atoms with van der Waals surface area (Å²) in [6, 6.07) is 5.69. The molecule has 96 valence electrons. The fraction of sp³-hybridized carbons (Fsp3) is 0.308. The largest absolute Gasteiger partial charge is 0.496 e. The van der Waals surface area contributed by atoms with Gasteiger partial charge in [0.2, 0.25) is 5.88 Å². The molecule has 1 aromatic heterocycles. The molecule has 0 aliphatic heterocycles. The molecular formula is C13H15BrN2O2. The van der Waals surface area contributed by atoms with Gasteiger partial charge in [-0.3, -0.25) is 0 Å². The van der Waals surface area contributed by atoms with Gasteiger partial charge >= 0.3 is 0 Å². The minimum atomic E-state index is 0.290. The first kappa shape index (κ1) is 13.0. The normalized spacial score (nSPS) is 10.9. The third-order valence-corrected chi connectivity index (χ3v) is 3.17. The van der Waals surface area contributed by atoms with Gasteiger partial charge in [0.05, 0.1) is 7.11 Å². The van der Waals surface area contributed by atoms with Gasteiger partial charge in [0, 0.05) is 16.1 Å². The number of methoxy groups -OCH3 is 1. The first-order valence-corrected chi connectivity index (χ1v) is 6.42. The van der Waals surface area contributed by atoms with E-state index in [1.165, 1.54) is 0 Å². The van der Waals surface area contributed by atoms with Crippen molar-refractivity contribution in [1.29, 1.82) is 0 Å². The lowest BCUT2D eigenvalue weighted by molar-refractivity contribution is 0.407. The lowest BCUT2D eigenvalue weighted by Crippen LogP contribution is -1.97. The van der Waals surface area contributed by atoms with Gasteiger partial charge in [-0.1, -0.05) is 34.9 Å². The van der Waals surface area contributed by atoms with Crippen molar-refractivity contribution in [2.75, 3.05) is 12.8 Å². The minimum absolute atomic E-state index is 0.290. The van der Waals surface area contributed by atoms with Crippen LogP contribution in [-0.4, -0.2) is 12.3 Å². The number of ether oxygens (including phenoxy) is 1. The molecule has 4 nitrogen and oxygen atoms in total. The summed E-state index contributed by atoms with van der Waals surface area (Å²) in [7, 11) is 1.65. The number of nitrogens with zero attached hydrogens (tertiary/aromatic N) is 1. The average molecular weight is 311 g/mol. The fourth-order valence-corrected chi connectivity index (χ4v) is 2.35. The molecule has 2 aromatic rings. The van der Waals surface area contributed by atoms with Crippen LogP contribution in [-0.2, 0) is 0 Å². The van der Waals surface area contributed by atoms with Gasteiger partial charge in [-0.2, -0.15) is 0 Å².